The van der Waals surface area contributed by atoms with E-state index in [4.69, 9.17) is 10.5 Å². The SMILES string of the molecule is CCS(=O)(=O)[C@H]1CC1(C#N)C#N. The van der Waals surface area contributed by atoms with Crippen molar-refractivity contribution in [2.24, 2.45) is 5.41 Å². The molecule has 1 fully saturated rings. The van der Waals surface area contributed by atoms with Crippen LogP contribution in [0.25, 0.3) is 0 Å². The summed E-state index contributed by atoms with van der Waals surface area (Å²) in [5.74, 6) is 0.00275. The highest BCUT2D eigenvalue weighted by Gasteiger charge is 2.62. The maximum Gasteiger partial charge on any atom is 0.161 e. The predicted molar refractivity (Wildman–Crippen MR) is 41.5 cm³/mol. The molecular formula is C7H8N2O2S. The Morgan fingerprint density at radius 2 is 2.00 bits per heavy atom. The second kappa shape index (κ2) is 2.46. The second-order valence-corrected chi connectivity index (χ2v) is 5.31. The van der Waals surface area contributed by atoms with Crippen molar-refractivity contribution in [1.82, 2.24) is 0 Å². The quantitative estimate of drug-likeness (QED) is 0.615. The normalized spacial score (nSPS) is 25.4. The number of hydrogen-bond acceptors (Lipinski definition) is 4. The van der Waals surface area contributed by atoms with E-state index in [0.29, 0.717) is 0 Å². The van der Waals surface area contributed by atoms with E-state index in [1.807, 2.05) is 0 Å². The maximum atomic E-state index is 11.2. The molecule has 1 saturated carbocycles. The third-order valence-corrected chi connectivity index (χ3v) is 4.37. The van der Waals surface area contributed by atoms with E-state index < -0.39 is 20.5 Å². The van der Waals surface area contributed by atoms with Gasteiger partial charge in [-0.05, 0) is 6.42 Å². The van der Waals surface area contributed by atoms with Crippen LogP contribution in [0, 0.1) is 28.1 Å². The first-order valence-electron chi connectivity index (χ1n) is 3.56. The molecule has 4 nitrogen and oxygen atoms in total. The Labute approximate surface area is 71.3 Å². The molecule has 1 aliphatic carbocycles. The predicted octanol–water partition coefficient (Wildman–Crippen LogP) is 0.227. The lowest BCUT2D eigenvalue weighted by atomic mass is 10.2. The van der Waals surface area contributed by atoms with Crippen molar-refractivity contribution in [3.63, 3.8) is 0 Å². The first kappa shape index (κ1) is 9.02. The molecule has 0 saturated heterocycles. The molecule has 0 amide bonds. The van der Waals surface area contributed by atoms with Crippen LogP contribution in [0.5, 0.6) is 0 Å². The number of rotatable bonds is 2. The topological polar surface area (TPSA) is 81.7 Å². The van der Waals surface area contributed by atoms with Crippen LogP contribution < -0.4 is 0 Å². The summed E-state index contributed by atoms with van der Waals surface area (Å²) in [4.78, 5) is 0. The highest BCUT2D eigenvalue weighted by Crippen LogP contribution is 2.49. The Bertz CT molecular complexity index is 357. The van der Waals surface area contributed by atoms with Crippen LogP contribution in [-0.4, -0.2) is 19.4 Å². The van der Waals surface area contributed by atoms with E-state index in [9.17, 15) is 8.42 Å². The third-order valence-electron chi connectivity index (χ3n) is 2.13. The second-order valence-electron chi connectivity index (χ2n) is 2.84. The van der Waals surface area contributed by atoms with E-state index in [2.05, 4.69) is 0 Å². The average Bonchev–Trinajstić information content (AvgIpc) is 2.80. The molecule has 0 aliphatic heterocycles. The highest BCUT2D eigenvalue weighted by atomic mass is 32.2. The summed E-state index contributed by atoms with van der Waals surface area (Å²) in [6, 6.07) is 3.50. The lowest BCUT2D eigenvalue weighted by Gasteiger charge is -1.97. The average molecular weight is 184 g/mol. The molecule has 0 N–H and O–H groups in total. The van der Waals surface area contributed by atoms with Crippen LogP contribution in [0.15, 0.2) is 0 Å². The fraction of sp³-hybridized carbons (Fsp3) is 0.714. The molecule has 0 radical (unpaired) electrons. The van der Waals surface area contributed by atoms with Gasteiger partial charge in [-0.2, -0.15) is 10.5 Å². The zero-order chi connectivity index (χ0) is 9.41. The fourth-order valence-corrected chi connectivity index (χ4v) is 2.77. The number of hydrogen-bond donors (Lipinski definition) is 0. The van der Waals surface area contributed by atoms with Gasteiger partial charge in [-0.3, -0.25) is 0 Å². The summed E-state index contributed by atoms with van der Waals surface area (Å²) < 4.78 is 22.4. The van der Waals surface area contributed by atoms with Crippen LogP contribution in [0.4, 0.5) is 0 Å². The lowest BCUT2D eigenvalue weighted by Crippen LogP contribution is -2.15. The molecule has 1 rings (SSSR count). The zero-order valence-electron chi connectivity index (χ0n) is 6.61. The standard InChI is InChI=1S/C7H8N2O2S/c1-2-12(10,11)6-3-7(6,4-8)5-9/h6H,2-3H2,1H3/t6-/m0/s1. The Morgan fingerprint density at radius 1 is 1.50 bits per heavy atom. The first-order valence-corrected chi connectivity index (χ1v) is 5.28. The largest absolute Gasteiger partial charge is 0.228 e. The Kier molecular flexibility index (Phi) is 1.85. The summed E-state index contributed by atoms with van der Waals surface area (Å²) >= 11 is 0. The summed E-state index contributed by atoms with van der Waals surface area (Å²) in [5, 5.41) is 16.4. The Balaban J connectivity index is 2.93. The van der Waals surface area contributed by atoms with Crippen LogP contribution in [0.1, 0.15) is 13.3 Å². The smallest absolute Gasteiger partial charge is 0.161 e. The van der Waals surface area contributed by atoms with Gasteiger partial charge in [-0.25, -0.2) is 8.42 Å². The molecule has 0 heterocycles. The lowest BCUT2D eigenvalue weighted by molar-refractivity contribution is 0.593. The van der Waals surface area contributed by atoms with Crippen LogP contribution in [0.3, 0.4) is 0 Å². The van der Waals surface area contributed by atoms with Gasteiger partial charge in [0, 0.05) is 5.75 Å². The first-order chi connectivity index (χ1) is 5.52. The Hall–Kier alpha value is -1.07. The number of sulfone groups is 1. The van der Waals surface area contributed by atoms with Crippen molar-refractivity contribution in [1.29, 1.82) is 10.5 Å². The minimum Gasteiger partial charge on any atom is -0.228 e. The molecule has 0 unspecified atom stereocenters. The fourth-order valence-electron chi connectivity index (χ4n) is 1.13. The Morgan fingerprint density at radius 3 is 2.25 bits per heavy atom. The summed E-state index contributed by atoms with van der Waals surface area (Å²) in [5.41, 5.74) is -1.24. The van der Waals surface area contributed by atoms with E-state index in [1.165, 1.54) is 6.92 Å². The number of nitriles is 2. The molecule has 0 aromatic carbocycles. The minimum atomic E-state index is -3.20. The molecule has 0 spiro atoms. The molecule has 1 aliphatic rings. The molecule has 5 heteroatoms. The molecule has 12 heavy (non-hydrogen) atoms. The molecule has 0 bridgehead atoms. The highest BCUT2D eigenvalue weighted by molar-refractivity contribution is 7.92. The van der Waals surface area contributed by atoms with Gasteiger partial charge in [-0.1, -0.05) is 6.92 Å². The van der Waals surface area contributed by atoms with E-state index >= 15 is 0 Å². The number of nitrogens with zero attached hydrogens (tertiary/aromatic N) is 2. The van der Waals surface area contributed by atoms with Gasteiger partial charge in [0.1, 0.15) is 0 Å². The maximum absolute atomic E-state index is 11.2. The van der Waals surface area contributed by atoms with Gasteiger partial charge in [-0.15, -0.1) is 0 Å². The summed E-state index contributed by atoms with van der Waals surface area (Å²) in [6.45, 7) is 1.52. The van der Waals surface area contributed by atoms with Crippen molar-refractivity contribution < 1.29 is 8.42 Å². The van der Waals surface area contributed by atoms with Crippen molar-refractivity contribution in [2.75, 3.05) is 5.75 Å². The van der Waals surface area contributed by atoms with E-state index in [0.717, 1.165) is 0 Å². The van der Waals surface area contributed by atoms with Crippen LogP contribution >= 0.6 is 0 Å². The van der Waals surface area contributed by atoms with Gasteiger partial charge < -0.3 is 0 Å². The zero-order valence-corrected chi connectivity index (χ0v) is 7.43. The summed E-state index contributed by atoms with van der Waals surface area (Å²) in [6.07, 6.45) is 0.177. The third kappa shape index (κ3) is 1.07. The molecular weight excluding hydrogens is 176 g/mol. The molecule has 1 atom stereocenters. The minimum absolute atomic E-state index is 0.00275. The van der Waals surface area contributed by atoms with Crippen molar-refractivity contribution in [3.05, 3.63) is 0 Å². The van der Waals surface area contributed by atoms with Crippen molar-refractivity contribution >= 4 is 9.84 Å². The van der Waals surface area contributed by atoms with Crippen LogP contribution in [0.2, 0.25) is 0 Å². The van der Waals surface area contributed by atoms with Crippen molar-refractivity contribution in [2.45, 2.75) is 18.6 Å². The van der Waals surface area contributed by atoms with Gasteiger partial charge in [0.05, 0.1) is 17.4 Å². The van der Waals surface area contributed by atoms with Gasteiger partial charge in [0.15, 0.2) is 15.3 Å². The van der Waals surface area contributed by atoms with Gasteiger partial charge >= 0.3 is 0 Å². The monoisotopic (exact) mass is 184 g/mol. The van der Waals surface area contributed by atoms with Crippen LogP contribution in [-0.2, 0) is 9.84 Å². The van der Waals surface area contributed by atoms with Crippen molar-refractivity contribution in [3.8, 4) is 12.1 Å². The molecule has 0 aromatic rings. The van der Waals surface area contributed by atoms with E-state index in [1.54, 1.807) is 12.1 Å². The summed E-state index contributed by atoms with van der Waals surface area (Å²) in [7, 11) is -3.20. The molecule has 64 valence electrons. The van der Waals surface area contributed by atoms with E-state index in [-0.39, 0.29) is 12.2 Å². The molecule has 0 aromatic heterocycles. The van der Waals surface area contributed by atoms with Gasteiger partial charge in [0.25, 0.3) is 0 Å². The van der Waals surface area contributed by atoms with Gasteiger partial charge in [0.2, 0.25) is 0 Å².